The Balaban J connectivity index is 2.89. The van der Waals surface area contributed by atoms with E-state index in [0.717, 1.165) is 4.68 Å². The monoisotopic (exact) mass is 337 g/mol. The van der Waals surface area contributed by atoms with Crippen LogP contribution in [0.5, 0.6) is 0 Å². The lowest BCUT2D eigenvalue weighted by Gasteiger charge is -2.17. The fraction of sp³-hybridized carbons (Fsp3) is 0.455. The number of alkyl halides is 3. The largest absolute Gasteiger partial charge is 0.391 e. The van der Waals surface area contributed by atoms with Gasteiger partial charge in [-0.1, -0.05) is 5.92 Å². The number of nitrogens with one attached hydrogen (secondary N) is 1. The van der Waals surface area contributed by atoms with E-state index >= 15 is 0 Å². The Morgan fingerprint density at radius 1 is 1.63 bits per heavy atom. The standard InChI is InChI=1S/C11H11BrF3N3O/c1-3-4-18-10(19)9(12)8(6-16-18)17-7(2)5-11(13,14)15/h1,6-7,17H,4-5H2,2H3. The summed E-state index contributed by atoms with van der Waals surface area (Å²) in [4.78, 5) is 11.7. The summed E-state index contributed by atoms with van der Waals surface area (Å²) in [5.74, 6) is 2.25. The molecule has 0 fully saturated rings. The molecular weight excluding hydrogens is 327 g/mol. The normalized spacial score (nSPS) is 12.8. The lowest BCUT2D eigenvalue weighted by atomic mass is 10.2. The van der Waals surface area contributed by atoms with Gasteiger partial charge in [0.15, 0.2) is 0 Å². The third-order valence-electron chi connectivity index (χ3n) is 2.17. The Morgan fingerprint density at radius 3 is 2.79 bits per heavy atom. The first-order valence-corrected chi connectivity index (χ1v) is 6.06. The minimum atomic E-state index is -4.27. The molecule has 1 heterocycles. The van der Waals surface area contributed by atoms with E-state index < -0.39 is 24.2 Å². The van der Waals surface area contributed by atoms with E-state index in [-0.39, 0.29) is 16.7 Å². The smallest absolute Gasteiger partial charge is 0.380 e. The van der Waals surface area contributed by atoms with Gasteiger partial charge in [0.1, 0.15) is 11.0 Å². The molecule has 19 heavy (non-hydrogen) atoms. The van der Waals surface area contributed by atoms with Gasteiger partial charge in [-0.2, -0.15) is 18.3 Å². The van der Waals surface area contributed by atoms with E-state index in [4.69, 9.17) is 6.42 Å². The molecule has 8 heteroatoms. The van der Waals surface area contributed by atoms with Gasteiger partial charge in [-0.25, -0.2) is 4.68 Å². The van der Waals surface area contributed by atoms with Gasteiger partial charge < -0.3 is 5.32 Å². The highest BCUT2D eigenvalue weighted by atomic mass is 79.9. The summed E-state index contributed by atoms with van der Waals surface area (Å²) in [6, 6.07) is -0.874. The Kier molecular flexibility index (Phi) is 5.00. The van der Waals surface area contributed by atoms with Crippen molar-refractivity contribution in [2.24, 2.45) is 0 Å². The molecule has 0 aliphatic carbocycles. The van der Waals surface area contributed by atoms with Crippen molar-refractivity contribution in [1.82, 2.24) is 9.78 Å². The molecule has 4 nitrogen and oxygen atoms in total. The molecule has 0 saturated heterocycles. The topological polar surface area (TPSA) is 46.9 Å². The lowest BCUT2D eigenvalue weighted by molar-refractivity contribution is -0.136. The van der Waals surface area contributed by atoms with Crippen LogP contribution in [-0.4, -0.2) is 22.0 Å². The van der Waals surface area contributed by atoms with Gasteiger partial charge in [-0.05, 0) is 22.9 Å². The number of hydrogen-bond donors (Lipinski definition) is 1. The van der Waals surface area contributed by atoms with Gasteiger partial charge in [-0.15, -0.1) is 6.42 Å². The maximum Gasteiger partial charge on any atom is 0.391 e. The van der Waals surface area contributed by atoms with Gasteiger partial charge >= 0.3 is 6.18 Å². The molecule has 0 amide bonds. The SMILES string of the molecule is C#CCn1ncc(NC(C)CC(F)(F)F)c(Br)c1=O. The molecule has 104 valence electrons. The average molecular weight is 338 g/mol. The first kappa shape index (κ1) is 15.6. The number of terminal acetylenes is 1. The third kappa shape index (κ3) is 4.59. The van der Waals surface area contributed by atoms with Gasteiger partial charge in [0, 0.05) is 6.04 Å². The van der Waals surface area contributed by atoms with Crippen molar-refractivity contribution in [2.45, 2.75) is 32.1 Å². The predicted octanol–water partition coefficient (Wildman–Crippen LogP) is 2.39. The Morgan fingerprint density at radius 2 is 2.26 bits per heavy atom. The van der Waals surface area contributed by atoms with E-state index in [2.05, 4.69) is 32.3 Å². The van der Waals surface area contributed by atoms with Gasteiger partial charge in [0.25, 0.3) is 5.56 Å². The van der Waals surface area contributed by atoms with Gasteiger partial charge in [-0.3, -0.25) is 4.79 Å². The van der Waals surface area contributed by atoms with Crippen LogP contribution < -0.4 is 10.9 Å². The van der Waals surface area contributed by atoms with Crippen LogP contribution in [-0.2, 0) is 6.54 Å². The van der Waals surface area contributed by atoms with Crippen LogP contribution in [0.2, 0.25) is 0 Å². The minimum Gasteiger partial charge on any atom is -0.380 e. The van der Waals surface area contributed by atoms with E-state index in [1.54, 1.807) is 0 Å². The van der Waals surface area contributed by atoms with E-state index in [9.17, 15) is 18.0 Å². The van der Waals surface area contributed by atoms with E-state index in [1.165, 1.54) is 13.1 Å². The molecule has 1 aromatic heterocycles. The number of nitrogens with zero attached hydrogens (tertiary/aromatic N) is 2. The zero-order chi connectivity index (χ0) is 14.6. The highest BCUT2D eigenvalue weighted by Crippen LogP contribution is 2.24. The molecular formula is C11H11BrF3N3O. The fourth-order valence-corrected chi connectivity index (χ4v) is 1.85. The highest BCUT2D eigenvalue weighted by Gasteiger charge is 2.30. The second kappa shape index (κ2) is 6.10. The predicted molar refractivity (Wildman–Crippen MR) is 68.8 cm³/mol. The summed E-state index contributed by atoms with van der Waals surface area (Å²) >= 11 is 3.02. The van der Waals surface area contributed by atoms with Crippen LogP contribution >= 0.6 is 15.9 Å². The maximum atomic E-state index is 12.2. The molecule has 1 N–H and O–H groups in total. The van der Waals surface area contributed by atoms with E-state index in [0.29, 0.717) is 0 Å². The Bertz CT molecular complexity index is 548. The molecule has 1 atom stereocenters. The summed E-state index contributed by atoms with van der Waals surface area (Å²) in [6.45, 7) is 1.36. The number of halogens is 4. The molecule has 1 unspecified atom stereocenters. The molecule has 1 aromatic rings. The van der Waals surface area contributed by atoms with Crippen LogP contribution in [0.4, 0.5) is 18.9 Å². The number of aromatic nitrogens is 2. The van der Waals surface area contributed by atoms with Crippen molar-refractivity contribution in [2.75, 3.05) is 5.32 Å². The Hall–Kier alpha value is -1.49. The number of rotatable bonds is 4. The number of hydrogen-bond acceptors (Lipinski definition) is 3. The molecule has 0 saturated carbocycles. The molecule has 0 bridgehead atoms. The zero-order valence-electron chi connectivity index (χ0n) is 9.96. The third-order valence-corrected chi connectivity index (χ3v) is 2.93. The molecule has 0 aromatic carbocycles. The van der Waals surface area contributed by atoms with Crippen molar-refractivity contribution in [3.05, 3.63) is 21.0 Å². The number of anilines is 1. The molecule has 0 aliphatic rings. The van der Waals surface area contributed by atoms with E-state index in [1.807, 2.05) is 0 Å². The second-order valence-corrected chi connectivity index (χ2v) is 4.70. The minimum absolute atomic E-state index is 0.00415. The van der Waals surface area contributed by atoms with Crippen molar-refractivity contribution in [3.8, 4) is 12.3 Å². The Labute approximate surface area is 116 Å². The van der Waals surface area contributed by atoms with Crippen LogP contribution in [0.3, 0.4) is 0 Å². The van der Waals surface area contributed by atoms with Crippen LogP contribution in [0.25, 0.3) is 0 Å². The fourth-order valence-electron chi connectivity index (χ4n) is 1.43. The highest BCUT2D eigenvalue weighted by molar-refractivity contribution is 9.10. The van der Waals surface area contributed by atoms with Crippen molar-refractivity contribution in [1.29, 1.82) is 0 Å². The maximum absolute atomic E-state index is 12.2. The summed E-state index contributed by atoms with van der Waals surface area (Å²) in [5, 5.41) is 6.35. The molecule has 1 rings (SSSR count). The lowest BCUT2D eigenvalue weighted by Crippen LogP contribution is -2.28. The second-order valence-electron chi connectivity index (χ2n) is 3.90. The van der Waals surface area contributed by atoms with Crippen molar-refractivity contribution < 1.29 is 13.2 Å². The zero-order valence-corrected chi connectivity index (χ0v) is 11.5. The van der Waals surface area contributed by atoms with Gasteiger partial charge in [0.2, 0.25) is 0 Å². The van der Waals surface area contributed by atoms with Crippen LogP contribution in [0.1, 0.15) is 13.3 Å². The average Bonchev–Trinajstić information content (AvgIpc) is 2.26. The summed E-state index contributed by atoms with van der Waals surface area (Å²) in [7, 11) is 0. The molecule has 0 radical (unpaired) electrons. The summed E-state index contributed by atoms with van der Waals surface area (Å²) in [5.41, 5.74) is -0.294. The first-order valence-electron chi connectivity index (χ1n) is 5.27. The van der Waals surface area contributed by atoms with Crippen molar-refractivity contribution in [3.63, 3.8) is 0 Å². The molecule has 0 spiro atoms. The van der Waals surface area contributed by atoms with Crippen molar-refractivity contribution >= 4 is 21.6 Å². The first-order chi connectivity index (χ1) is 8.74. The quantitative estimate of drug-likeness (QED) is 0.858. The summed E-state index contributed by atoms with van der Waals surface area (Å²) < 4.78 is 37.7. The molecule has 0 aliphatic heterocycles. The summed E-state index contributed by atoms with van der Waals surface area (Å²) in [6.07, 6.45) is 1.04. The van der Waals surface area contributed by atoms with Gasteiger partial charge in [0.05, 0.1) is 18.3 Å². The van der Waals surface area contributed by atoms with Crippen LogP contribution in [0, 0.1) is 12.3 Å². The van der Waals surface area contributed by atoms with Crippen LogP contribution in [0.15, 0.2) is 15.5 Å².